The normalized spacial score (nSPS) is 30.7. The molecule has 5 atom stereocenters. The van der Waals surface area contributed by atoms with E-state index >= 15 is 0 Å². The largest absolute Gasteiger partial charge is 0.460 e. The van der Waals surface area contributed by atoms with Crippen LogP contribution in [0.15, 0.2) is 0 Å². The summed E-state index contributed by atoms with van der Waals surface area (Å²) < 4.78 is 16.4. The first-order valence-electron chi connectivity index (χ1n) is 7.97. The number of hydrogen-bond acceptors (Lipinski definition) is 6. The van der Waals surface area contributed by atoms with Crippen LogP contribution in [-0.2, 0) is 28.6 Å². The molecule has 7 heteroatoms. The summed E-state index contributed by atoms with van der Waals surface area (Å²) in [4.78, 5) is 34.9. The van der Waals surface area contributed by atoms with Gasteiger partial charge in [0.2, 0.25) is 12.2 Å². The van der Waals surface area contributed by atoms with Gasteiger partial charge in [-0.3, -0.25) is 14.4 Å². The van der Waals surface area contributed by atoms with Gasteiger partial charge < -0.3 is 19.5 Å². The van der Waals surface area contributed by atoms with Gasteiger partial charge in [0.15, 0.2) is 0 Å². The van der Waals surface area contributed by atoms with E-state index in [0.717, 1.165) is 0 Å². The molecule has 1 aliphatic rings. The third-order valence-electron chi connectivity index (χ3n) is 3.88. The van der Waals surface area contributed by atoms with Crippen LogP contribution < -0.4 is 5.32 Å². The molecule has 0 aromatic carbocycles. The summed E-state index contributed by atoms with van der Waals surface area (Å²) in [5.41, 5.74) is 0. The molecule has 1 rings (SSSR count). The fourth-order valence-electron chi connectivity index (χ4n) is 2.66. The van der Waals surface area contributed by atoms with Gasteiger partial charge in [0.1, 0.15) is 12.1 Å². The Balaban J connectivity index is 3.10. The summed E-state index contributed by atoms with van der Waals surface area (Å²) in [5, 5.41) is 2.79. The Morgan fingerprint density at radius 3 is 2.13 bits per heavy atom. The van der Waals surface area contributed by atoms with Crippen molar-refractivity contribution in [3.63, 3.8) is 0 Å². The number of ether oxygens (including phenoxy) is 3. The van der Waals surface area contributed by atoms with Crippen LogP contribution in [0.1, 0.15) is 48.0 Å². The first-order chi connectivity index (χ1) is 10.7. The van der Waals surface area contributed by atoms with Gasteiger partial charge in [-0.2, -0.15) is 0 Å². The molecule has 1 fully saturated rings. The third kappa shape index (κ3) is 5.20. The summed E-state index contributed by atoms with van der Waals surface area (Å²) in [7, 11) is 0. The average molecular weight is 329 g/mol. The predicted molar refractivity (Wildman–Crippen MR) is 82.2 cm³/mol. The highest BCUT2D eigenvalue weighted by molar-refractivity contribution is 5.78. The van der Waals surface area contributed by atoms with Gasteiger partial charge in [-0.15, -0.1) is 0 Å². The first kappa shape index (κ1) is 19.4. The fraction of sp³-hybridized carbons (Fsp3) is 0.812. The van der Waals surface area contributed by atoms with Crippen molar-refractivity contribution in [1.29, 1.82) is 0 Å². The number of rotatable bonds is 5. The molecule has 7 nitrogen and oxygen atoms in total. The molecule has 0 aromatic rings. The van der Waals surface area contributed by atoms with Crippen LogP contribution in [0.25, 0.3) is 0 Å². The molecular weight excluding hydrogens is 302 g/mol. The zero-order valence-electron chi connectivity index (χ0n) is 14.6. The van der Waals surface area contributed by atoms with E-state index in [4.69, 9.17) is 14.2 Å². The van der Waals surface area contributed by atoms with E-state index in [1.54, 1.807) is 13.8 Å². The lowest BCUT2D eigenvalue weighted by molar-refractivity contribution is -0.247. The molecule has 0 aliphatic carbocycles. The molecule has 0 bridgehead atoms. The molecule has 132 valence electrons. The van der Waals surface area contributed by atoms with Crippen LogP contribution in [0.3, 0.4) is 0 Å². The van der Waals surface area contributed by atoms with Gasteiger partial charge in [0.25, 0.3) is 0 Å². The van der Waals surface area contributed by atoms with Gasteiger partial charge in [0.05, 0.1) is 6.10 Å². The molecule has 1 aliphatic heterocycles. The topological polar surface area (TPSA) is 90.9 Å². The molecule has 0 aromatic heterocycles. The van der Waals surface area contributed by atoms with E-state index in [1.165, 1.54) is 13.8 Å². The molecule has 1 N–H and O–H groups in total. The van der Waals surface area contributed by atoms with E-state index in [0.29, 0.717) is 6.42 Å². The minimum atomic E-state index is -0.985. The molecule has 0 radical (unpaired) electrons. The highest BCUT2D eigenvalue weighted by atomic mass is 16.7. The van der Waals surface area contributed by atoms with Gasteiger partial charge in [-0.25, -0.2) is 0 Å². The van der Waals surface area contributed by atoms with Crippen molar-refractivity contribution in [3.05, 3.63) is 0 Å². The van der Waals surface area contributed by atoms with Crippen LogP contribution in [0.4, 0.5) is 0 Å². The second kappa shape index (κ2) is 8.29. The molecule has 23 heavy (non-hydrogen) atoms. The summed E-state index contributed by atoms with van der Waals surface area (Å²) in [5.74, 6) is -1.61. The van der Waals surface area contributed by atoms with Crippen LogP contribution >= 0.6 is 0 Å². The lowest BCUT2D eigenvalue weighted by Gasteiger charge is -2.44. The second-order valence-electron chi connectivity index (χ2n) is 6.18. The lowest BCUT2D eigenvalue weighted by atomic mass is 9.87. The molecule has 0 spiro atoms. The Morgan fingerprint density at radius 1 is 1.13 bits per heavy atom. The predicted octanol–water partition coefficient (Wildman–Crippen LogP) is 1.39. The number of nitrogens with one attached hydrogen (secondary N) is 1. The molecule has 0 saturated carbocycles. The highest BCUT2D eigenvalue weighted by Gasteiger charge is 2.47. The average Bonchev–Trinajstić information content (AvgIpc) is 2.44. The van der Waals surface area contributed by atoms with E-state index in [9.17, 15) is 14.4 Å². The Labute approximate surface area is 137 Å². The Bertz CT molecular complexity index is 450. The van der Waals surface area contributed by atoms with E-state index in [-0.39, 0.29) is 23.8 Å². The molecular formula is C16H27NO6. The zero-order valence-corrected chi connectivity index (χ0v) is 14.6. The van der Waals surface area contributed by atoms with Crippen LogP contribution in [0.2, 0.25) is 0 Å². The highest BCUT2D eigenvalue weighted by Crippen LogP contribution is 2.31. The summed E-state index contributed by atoms with van der Waals surface area (Å²) >= 11 is 0. The number of carbonyl (C=O) groups excluding carboxylic acids is 3. The SMILES string of the molecule is CCC1OC(OC(C)=O)C(NC(=O)C(C)C)C(OC(C)=O)C1C. The monoisotopic (exact) mass is 329 g/mol. The lowest BCUT2D eigenvalue weighted by Crippen LogP contribution is -2.63. The number of hydrogen-bond donors (Lipinski definition) is 1. The number of esters is 2. The van der Waals surface area contributed by atoms with Crippen LogP contribution in [0.5, 0.6) is 0 Å². The minimum absolute atomic E-state index is 0.145. The van der Waals surface area contributed by atoms with Crippen molar-refractivity contribution in [3.8, 4) is 0 Å². The van der Waals surface area contributed by atoms with Gasteiger partial charge in [-0.1, -0.05) is 27.7 Å². The smallest absolute Gasteiger partial charge is 0.305 e. The minimum Gasteiger partial charge on any atom is -0.460 e. The summed E-state index contributed by atoms with van der Waals surface area (Å²) in [6, 6.07) is -0.740. The van der Waals surface area contributed by atoms with Gasteiger partial charge in [0, 0.05) is 25.7 Å². The maximum absolute atomic E-state index is 12.1. The molecule has 1 amide bonds. The summed E-state index contributed by atoms with van der Waals surface area (Å²) in [6.45, 7) is 9.90. The summed E-state index contributed by atoms with van der Waals surface area (Å²) in [6.07, 6.45) is -1.18. The van der Waals surface area contributed by atoms with Gasteiger partial charge >= 0.3 is 11.9 Å². The van der Waals surface area contributed by atoms with Gasteiger partial charge in [-0.05, 0) is 6.42 Å². The van der Waals surface area contributed by atoms with Crippen molar-refractivity contribution >= 4 is 17.8 Å². The molecule has 1 heterocycles. The third-order valence-corrected chi connectivity index (χ3v) is 3.88. The maximum atomic E-state index is 12.1. The van der Waals surface area contributed by atoms with Crippen molar-refractivity contribution < 1.29 is 28.6 Å². The number of carbonyl (C=O) groups is 3. The Morgan fingerprint density at radius 2 is 1.70 bits per heavy atom. The molecule has 1 saturated heterocycles. The van der Waals surface area contributed by atoms with Crippen LogP contribution in [-0.4, -0.2) is 42.4 Å². The van der Waals surface area contributed by atoms with Crippen LogP contribution in [0, 0.1) is 11.8 Å². The standard InChI is InChI=1S/C16H27NO6/c1-7-12-9(4)14(21-10(5)18)13(17-15(20)8(2)3)16(23-12)22-11(6)19/h8-9,12-14,16H,7H2,1-6H3,(H,17,20). The van der Waals surface area contributed by atoms with Crippen molar-refractivity contribution in [2.75, 3.05) is 0 Å². The van der Waals surface area contributed by atoms with Crippen molar-refractivity contribution in [1.82, 2.24) is 5.32 Å². The fourth-order valence-corrected chi connectivity index (χ4v) is 2.66. The zero-order chi connectivity index (χ0) is 17.7. The van der Waals surface area contributed by atoms with E-state index < -0.39 is 30.4 Å². The Hall–Kier alpha value is -1.63. The van der Waals surface area contributed by atoms with Crippen molar-refractivity contribution in [2.45, 2.75) is 72.5 Å². The van der Waals surface area contributed by atoms with Crippen molar-refractivity contribution in [2.24, 2.45) is 11.8 Å². The molecule has 5 unspecified atom stereocenters. The second-order valence-corrected chi connectivity index (χ2v) is 6.18. The quantitative estimate of drug-likeness (QED) is 0.767. The van der Waals surface area contributed by atoms with E-state index in [2.05, 4.69) is 5.32 Å². The number of amides is 1. The Kier molecular flexibility index (Phi) is 7.00. The maximum Gasteiger partial charge on any atom is 0.305 e. The van der Waals surface area contributed by atoms with E-state index in [1.807, 2.05) is 13.8 Å². The first-order valence-corrected chi connectivity index (χ1v) is 7.97.